The lowest BCUT2D eigenvalue weighted by Crippen LogP contribution is -2.19. The molecule has 1 unspecified atom stereocenters. The van der Waals surface area contributed by atoms with Crippen molar-refractivity contribution in [2.45, 2.75) is 36.4 Å². The maximum atomic E-state index is 5.72. The molecule has 0 amide bonds. The van der Waals surface area contributed by atoms with E-state index in [1.807, 2.05) is 12.1 Å². The van der Waals surface area contributed by atoms with Crippen molar-refractivity contribution in [3.8, 4) is 0 Å². The Labute approximate surface area is 129 Å². The highest BCUT2D eigenvalue weighted by atomic mass is 32.2. The SMILES string of the molecule is CCCNC(C)c1ccccc1Sc1nc(N)cc(N)n1. The molecule has 0 aliphatic carbocycles. The number of hydrogen-bond acceptors (Lipinski definition) is 6. The van der Waals surface area contributed by atoms with Gasteiger partial charge in [-0.3, -0.25) is 0 Å². The number of nitrogens with zero attached hydrogens (tertiary/aromatic N) is 2. The zero-order valence-electron chi connectivity index (χ0n) is 12.3. The van der Waals surface area contributed by atoms with Crippen LogP contribution in [0.1, 0.15) is 31.9 Å². The summed E-state index contributed by atoms with van der Waals surface area (Å²) >= 11 is 1.48. The largest absolute Gasteiger partial charge is 0.383 e. The minimum absolute atomic E-state index is 0.270. The number of rotatable bonds is 6. The molecular formula is C15H21N5S. The van der Waals surface area contributed by atoms with Gasteiger partial charge in [0.15, 0.2) is 5.16 Å². The highest BCUT2D eigenvalue weighted by Gasteiger charge is 2.12. The van der Waals surface area contributed by atoms with Crippen molar-refractivity contribution in [2.24, 2.45) is 0 Å². The molecule has 0 saturated heterocycles. The minimum atomic E-state index is 0.270. The van der Waals surface area contributed by atoms with Crippen molar-refractivity contribution in [2.75, 3.05) is 18.0 Å². The molecular weight excluding hydrogens is 282 g/mol. The summed E-state index contributed by atoms with van der Waals surface area (Å²) in [6.07, 6.45) is 1.11. The molecule has 5 nitrogen and oxygen atoms in total. The number of nitrogen functional groups attached to an aromatic ring is 2. The van der Waals surface area contributed by atoms with Crippen LogP contribution in [0.4, 0.5) is 11.6 Å². The summed E-state index contributed by atoms with van der Waals surface area (Å²) in [7, 11) is 0. The number of anilines is 2. The molecule has 2 rings (SSSR count). The molecule has 5 N–H and O–H groups in total. The molecule has 0 radical (unpaired) electrons. The number of nitrogens with one attached hydrogen (secondary N) is 1. The lowest BCUT2D eigenvalue weighted by atomic mass is 10.1. The Kier molecular flexibility index (Phi) is 5.41. The third-order valence-corrected chi connectivity index (χ3v) is 3.99. The minimum Gasteiger partial charge on any atom is -0.383 e. The van der Waals surface area contributed by atoms with Gasteiger partial charge in [-0.25, -0.2) is 9.97 Å². The highest BCUT2D eigenvalue weighted by Crippen LogP contribution is 2.32. The Hall–Kier alpha value is -1.79. The zero-order valence-corrected chi connectivity index (χ0v) is 13.2. The van der Waals surface area contributed by atoms with Crippen LogP contribution in [-0.4, -0.2) is 16.5 Å². The molecule has 0 spiro atoms. The van der Waals surface area contributed by atoms with Gasteiger partial charge < -0.3 is 16.8 Å². The maximum absolute atomic E-state index is 5.72. The smallest absolute Gasteiger partial charge is 0.196 e. The number of aromatic nitrogens is 2. The summed E-state index contributed by atoms with van der Waals surface area (Å²) in [5, 5.41) is 4.07. The van der Waals surface area contributed by atoms with E-state index in [1.165, 1.54) is 17.3 Å². The van der Waals surface area contributed by atoms with Gasteiger partial charge in [-0.15, -0.1) is 0 Å². The van der Waals surface area contributed by atoms with Gasteiger partial charge in [0.05, 0.1) is 0 Å². The van der Waals surface area contributed by atoms with Crippen LogP contribution >= 0.6 is 11.8 Å². The van der Waals surface area contributed by atoms with Crippen molar-refractivity contribution in [3.63, 3.8) is 0 Å². The quantitative estimate of drug-likeness (QED) is 0.711. The first kappa shape index (κ1) is 15.6. The summed E-state index contributed by atoms with van der Waals surface area (Å²) in [4.78, 5) is 9.55. The first-order valence-electron chi connectivity index (χ1n) is 7.00. The van der Waals surface area contributed by atoms with E-state index in [2.05, 4.69) is 41.3 Å². The average Bonchev–Trinajstić information content (AvgIpc) is 2.44. The van der Waals surface area contributed by atoms with Gasteiger partial charge >= 0.3 is 0 Å². The van der Waals surface area contributed by atoms with Crippen molar-refractivity contribution < 1.29 is 0 Å². The monoisotopic (exact) mass is 303 g/mol. The van der Waals surface area contributed by atoms with Crippen molar-refractivity contribution in [3.05, 3.63) is 35.9 Å². The number of benzene rings is 1. The third kappa shape index (κ3) is 4.34. The molecule has 1 aromatic heterocycles. The summed E-state index contributed by atoms with van der Waals surface area (Å²) in [5.41, 5.74) is 12.7. The molecule has 0 aliphatic heterocycles. The molecule has 6 heteroatoms. The first-order valence-corrected chi connectivity index (χ1v) is 7.82. The van der Waals surface area contributed by atoms with Gasteiger partial charge in [0.25, 0.3) is 0 Å². The van der Waals surface area contributed by atoms with Gasteiger partial charge in [-0.1, -0.05) is 25.1 Å². The predicted molar refractivity (Wildman–Crippen MR) is 88.1 cm³/mol. The van der Waals surface area contributed by atoms with E-state index in [0.717, 1.165) is 17.9 Å². The van der Waals surface area contributed by atoms with E-state index in [0.29, 0.717) is 16.8 Å². The van der Waals surface area contributed by atoms with Gasteiger partial charge in [0, 0.05) is 17.0 Å². The van der Waals surface area contributed by atoms with Crippen LogP contribution in [-0.2, 0) is 0 Å². The van der Waals surface area contributed by atoms with E-state index in [4.69, 9.17) is 11.5 Å². The second kappa shape index (κ2) is 7.28. The predicted octanol–water partition coefficient (Wildman–Crippen LogP) is 2.85. The second-order valence-corrected chi connectivity index (χ2v) is 5.83. The molecule has 112 valence electrons. The topological polar surface area (TPSA) is 89.8 Å². The van der Waals surface area contributed by atoms with Crippen LogP contribution in [0.3, 0.4) is 0 Å². The van der Waals surface area contributed by atoms with Gasteiger partial charge in [-0.2, -0.15) is 0 Å². The van der Waals surface area contributed by atoms with Gasteiger partial charge in [0.2, 0.25) is 0 Å². The van der Waals surface area contributed by atoms with Gasteiger partial charge in [-0.05, 0) is 43.3 Å². The Bertz CT molecular complexity index is 582. The zero-order chi connectivity index (χ0) is 15.2. The van der Waals surface area contributed by atoms with Crippen LogP contribution in [0.5, 0.6) is 0 Å². The first-order chi connectivity index (χ1) is 10.1. The van der Waals surface area contributed by atoms with Crippen LogP contribution in [0.2, 0.25) is 0 Å². The summed E-state index contributed by atoms with van der Waals surface area (Å²) in [5.74, 6) is 0.777. The molecule has 0 aliphatic rings. The summed E-state index contributed by atoms with van der Waals surface area (Å²) in [6.45, 7) is 5.30. The van der Waals surface area contributed by atoms with E-state index in [-0.39, 0.29) is 6.04 Å². The molecule has 0 fully saturated rings. The van der Waals surface area contributed by atoms with Crippen molar-refractivity contribution in [1.29, 1.82) is 0 Å². The second-order valence-electron chi connectivity index (χ2n) is 4.82. The molecule has 1 atom stereocenters. The maximum Gasteiger partial charge on any atom is 0.196 e. The van der Waals surface area contributed by atoms with Crippen molar-refractivity contribution >= 4 is 23.4 Å². The summed E-state index contributed by atoms with van der Waals surface area (Å²) < 4.78 is 0. The normalized spacial score (nSPS) is 12.3. The van der Waals surface area contributed by atoms with Crippen molar-refractivity contribution in [1.82, 2.24) is 15.3 Å². The van der Waals surface area contributed by atoms with Crippen LogP contribution in [0, 0.1) is 0 Å². The Morgan fingerprint density at radius 3 is 2.52 bits per heavy atom. The number of nitrogens with two attached hydrogens (primary N) is 2. The molecule has 1 aromatic carbocycles. The fourth-order valence-corrected chi connectivity index (χ4v) is 3.02. The molecule has 0 saturated carbocycles. The fourth-order valence-electron chi connectivity index (χ4n) is 2.01. The Morgan fingerprint density at radius 2 is 1.86 bits per heavy atom. The lowest BCUT2D eigenvalue weighted by molar-refractivity contribution is 0.564. The molecule has 21 heavy (non-hydrogen) atoms. The van der Waals surface area contributed by atoms with E-state index in [1.54, 1.807) is 6.07 Å². The van der Waals surface area contributed by atoms with Crippen LogP contribution in [0.25, 0.3) is 0 Å². The Morgan fingerprint density at radius 1 is 1.19 bits per heavy atom. The lowest BCUT2D eigenvalue weighted by Gasteiger charge is -2.17. The highest BCUT2D eigenvalue weighted by molar-refractivity contribution is 7.99. The Balaban J connectivity index is 2.23. The molecule has 2 aromatic rings. The summed E-state index contributed by atoms with van der Waals surface area (Å²) in [6, 6.07) is 10.1. The van der Waals surface area contributed by atoms with E-state index >= 15 is 0 Å². The van der Waals surface area contributed by atoms with Crippen LogP contribution < -0.4 is 16.8 Å². The van der Waals surface area contributed by atoms with E-state index < -0.39 is 0 Å². The number of hydrogen-bond donors (Lipinski definition) is 3. The third-order valence-electron chi connectivity index (χ3n) is 3.03. The van der Waals surface area contributed by atoms with E-state index in [9.17, 15) is 0 Å². The van der Waals surface area contributed by atoms with Crippen LogP contribution in [0.15, 0.2) is 40.4 Å². The standard InChI is InChI=1S/C15H21N5S/c1-3-8-18-10(2)11-6-4-5-7-12(11)21-15-19-13(16)9-14(17)20-15/h4-7,9-10,18H,3,8H2,1-2H3,(H4,16,17,19,20). The molecule has 1 heterocycles. The van der Waals surface area contributed by atoms with Gasteiger partial charge in [0.1, 0.15) is 11.6 Å². The average molecular weight is 303 g/mol. The fraction of sp³-hybridized carbons (Fsp3) is 0.333. The molecule has 0 bridgehead atoms.